The summed E-state index contributed by atoms with van der Waals surface area (Å²) in [5.41, 5.74) is 3.11. The summed E-state index contributed by atoms with van der Waals surface area (Å²) in [5.74, 6) is 0. The molecule has 1 aromatic heterocycles. The van der Waals surface area contributed by atoms with E-state index in [0.29, 0.717) is 6.04 Å². The van der Waals surface area contributed by atoms with E-state index < -0.39 is 0 Å². The molecule has 0 aliphatic heterocycles. The van der Waals surface area contributed by atoms with Gasteiger partial charge in [0.1, 0.15) is 0 Å². The second-order valence-electron chi connectivity index (χ2n) is 4.35. The molecule has 1 rings (SSSR count). The molecule has 1 aromatic rings. The van der Waals surface area contributed by atoms with Gasteiger partial charge in [-0.05, 0) is 40.4 Å². The van der Waals surface area contributed by atoms with E-state index in [9.17, 15) is 0 Å². The molecule has 0 aromatic carbocycles. The minimum absolute atomic E-state index is 0.606. The van der Waals surface area contributed by atoms with Crippen molar-refractivity contribution in [1.29, 1.82) is 0 Å². The molecule has 16 heavy (non-hydrogen) atoms. The van der Waals surface area contributed by atoms with Crippen LogP contribution in [0.5, 0.6) is 0 Å². The van der Waals surface area contributed by atoms with E-state index in [4.69, 9.17) is 0 Å². The largest absolute Gasteiger partial charge is 0.314 e. The predicted molar refractivity (Wildman–Crippen MR) is 70.9 cm³/mol. The molecule has 0 saturated carbocycles. The van der Waals surface area contributed by atoms with Gasteiger partial charge in [-0.15, -0.1) is 11.3 Å². The molecule has 0 fully saturated rings. The maximum absolute atomic E-state index is 4.27. The van der Waals surface area contributed by atoms with E-state index >= 15 is 0 Å². The number of nitrogens with zero attached hydrogens (tertiary/aromatic N) is 2. The fraction of sp³-hybridized carbons (Fsp3) is 0.750. The van der Waals surface area contributed by atoms with Gasteiger partial charge in [-0.3, -0.25) is 0 Å². The first-order valence-corrected chi connectivity index (χ1v) is 6.82. The van der Waals surface area contributed by atoms with Gasteiger partial charge in [-0.1, -0.05) is 6.92 Å². The highest BCUT2D eigenvalue weighted by Crippen LogP contribution is 2.14. The van der Waals surface area contributed by atoms with Crippen LogP contribution in [0.15, 0.2) is 5.51 Å². The van der Waals surface area contributed by atoms with Gasteiger partial charge in [-0.2, -0.15) is 0 Å². The maximum atomic E-state index is 4.27. The molecular formula is C12H23N3S. The first-order chi connectivity index (χ1) is 7.63. The van der Waals surface area contributed by atoms with Crippen LogP contribution in [0.4, 0.5) is 0 Å². The number of hydrogen-bond acceptors (Lipinski definition) is 4. The lowest BCUT2D eigenvalue weighted by molar-refractivity contribution is 0.306. The van der Waals surface area contributed by atoms with E-state index in [0.717, 1.165) is 19.6 Å². The van der Waals surface area contributed by atoms with Crippen LogP contribution in [-0.4, -0.2) is 36.1 Å². The van der Waals surface area contributed by atoms with E-state index in [-0.39, 0.29) is 0 Å². The highest BCUT2D eigenvalue weighted by molar-refractivity contribution is 7.09. The second kappa shape index (κ2) is 6.99. The Kier molecular flexibility index (Phi) is 5.95. The Labute approximate surface area is 103 Å². The maximum Gasteiger partial charge on any atom is 0.0798 e. The smallest absolute Gasteiger partial charge is 0.0798 e. The third-order valence-electron chi connectivity index (χ3n) is 2.75. The average molecular weight is 241 g/mol. The average Bonchev–Trinajstić information content (AvgIpc) is 2.62. The number of rotatable bonds is 7. The van der Waals surface area contributed by atoms with Crippen LogP contribution >= 0.6 is 11.3 Å². The van der Waals surface area contributed by atoms with Crippen LogP contribution in [0.1, 0.15) is 30.8 Å². The van der Waals surface area contributed by atoms with Crippen LogP contribution in [0.3, 0.4) is 0 Å². The van der Waals surface area contributed by atoms with E-state index in [2.05, 4.69) is 43.0 Å². The quantitative estimate of drug-likeness (QED) is 0.794. The Hall–Kier alpha value is -0.450. The van der Waals surface area contributed by atoms with Crippen LogP contribution in [0, 0.1) is 6.92 Å². The van der Waals surface area contributed by atoms with E-state index in [1.54, 1.807) is 11.3 Å². The van der Waals surface area contributed by atoms with Gasteiger partial charge in [0.15, 0.2) is 0 Å². The standard InChI is InChI=1S/C12H23N3S/c1-5-13-10(2)6-7-15(4)8-12-11(3)14-9-16-12/h9-10,13H,5-8H2,1-4H3. The first kappa shape index (κ1) is 13.6. The highest BCUT2D eigenvalue weighted by atomic mass is 32.1. The van der Waals surface area contributed by atoms with E-state index in [1.165, 1.54) is 17.0 Å². The lowest BCUT2D eigenvalue weighted by atomic mass is 10.2. The van der Waals surface area contributed by atoms with Crippen LogP contribution in [0.25, 0.3) is 0 Å². The number of aromatic nitrogens is 1. The lowest BCUT2D eigenvalue weighted by Gasteiger charge is -2.19. The molecule has 92 valence electrons. The topological polar surface area (TPSA) is 28.2 Å². The zero-order valence-electron chi connectivity index (χ0n) is 10.8. The normalized spacial score (nSPS) is 13.3. The van der Waals surface area contributed by atoms with Crippen molar-refractivity contribution >= 4 is 11.3 Å². The van der Waals surface area contributed by atoms with Gasteiger partial charge in [0.2, 0.25) is 0 Å². The monoisotopic (exact) mass is 241 g/mol. The summed E-state index contributed by atoms with van der Waals surface area (Å²) in [6.45, 7) is 9.69. The first-order valence-electron chi connectivity index (χ1n) is 5.94. The van der Waals surface area contributed by atoms with Crippen molar-refractivity contribution in [2.24, 2.45) is 0 Å². The molecule has 1 unspecified atom stereocenters. The Bertz CT molecular complexity index is 298. The van der Waals surface area contributed by atoms with E-state index in [1.807, 2.05) is 5.51 Å². The van der Waals surface area contributed by atoms with Gasteiger partial charge in [0.05, 0.1) is 11.2 Å². The van der Waals surface area contributed by atoms with Crippen molar-refractivity contribution < 1.29 is 0 Å². The molecule has 1 atom stereocenters. The molecule has 0 bridgehead atoms. The molecule has 0 aliphatic carbocycles. The van der Waals surface area contributed by atoms with Gasteiger partial charge < -0.3 is 10.2 Å². The summed E-state index contributed by atoms with van der Waals surface area (Å²) in [5, 5.41) is 3.43. The number of thiazole rings is 1. The molecule has 0 radical (unpaired) electrons. The summed E-state index contributed by atoms with van der Waals surface area (Å²) >= 11 is 1.75. The Balaban J connectivity index is 2.26. The molecule has 0 saturated heterocycles. The Morgan fingerprint density at radius 2 is 2.31 bits per heavy atom. The van der Waals surface area contributed by atoms with Gasteiger partial charge >= 0.3 is 0 Å². The van der Waals surface area contributed by atoms with Crippen LogP contribution in [0.2, 0.25) is 0 Å². The summed E-state index contributed by atoms with van der Waals surface area (Å²) < 4.78 is 0. The number of aryl methyl sites for hydroxylation is 1. The molecule has 0 aliphatic rings. The Morgan fingerprint density at radius 3 is 2.88 bits per heavy atom. The van der Waals surface area contributed by atoms with Crippen molar-refractivity contribution in [1.82, 2.24) is 15.2 Å². The summed E-state index contributed by atoms with van der Waals surface area (Å²) in [7, 11) is 2.18. The minimum atomic E-state index is 0.606. The van der Waals surface area contributed by atoms with Gasteiger partial charge in [-0.25, -0.2) is 4.98 Å². The summed E-state index contributed by atoms with van der Waals surface area (Å²) in [6, 6.07) is 0.606. The highest BCUT2D eigenvalue weighted by Gasteiger charge is 2.07. The third-order valence-corrected chi connectivity index (χ3v) is 3.67. The SMILES string of the molecule is CCNC(C)CCN(C)Cc1scnc1C. The molecule has 3 nitrogen and oxygen atoms in total. The fourth-order valence-electron chi connectivity index (χ4n) is 1.67. The zero-order chi connectivity index (χ0) is 12.0. The van der Waals surface area contributed by atoms with Crippen molar-refractivity contribution in [3.63, 3.8) is 0 Å². The van der Waals surface area contributed by atoms with Crippen molar-refractivity contribution in [2.45, 2.75) is 39.8 Å². The molecule has 1 N–H and O–H groups in total. The number of nitrogens with one attached hydrogen (secondary N) is 1. The van der Waals surface area contributed by atoms with Crippen molar-refractivity contribution in [3.8, 4) is 0 Å². The van der Waals surface area contributed by atoms with Crippen LogP contribution in [-0.2, 0) is 6.54 Å². The molecule has 0 spiro atoms. The third kappa shape index (κ3) is 4.60. The van der Waals surface area contributed by atoms with Crippen molar-refractivity contribution in [3.05, 3.63) is 16.1 Å². The minimum Gasteiger partial charge on any atom is -0.314 e. The molecular weight excluding hydrogens is 218 g/mol. The predicted octanol–water partition coefficient (Wildman–Crippen LogP) is 2.27. The van der Waals surface area contributed by atoms with Gasteiger partial charge in [0, 0.05) is 17.5 Å². The zero-order valence-corrected chi connectivity index (χ0v) is 11.6. The summed E-state index contributed by atoms with van der Waals surface area (Å²) in [4.78, 5) is 8.03. The van der Waals surface area contributed by atoms with Crippen molar-refractivity contribution in [2.75, 3.05) is 20.1 Å². The fourth-order valence-corrected chi connectivity index (χ4v) is 2.52. The second-order valence-corrected chi connectivity index (χ2v) is 5.29. The molecule has 4 heteroatoms. The van der Waals surface area contributed by atoms with Crippen LogP contribution < -0.4 is 5.32 Å². The van der Waals surface area contributed by atoms with Gasteiger partial charge in [0.25, 0.3) is 0 Å². The molecule has 1 heterocycles. The Morgan fingerprint density at radius 1 is 1.56 bits per heavy atom. The number of hydrogen-bond donors (Lipinski definition) is 1. The molecule has 0 amide bonds. The summed E-state index contributed by atoms with van der Waals surface area (Å²) in [6.07, 6.45) is 1.20. The lowest BCUT2D eigenvalue weighted by Crippen LogP contribution is -2.30.